The van der Waals surface area contributed by atoms with Gasteiger partial charge >= 0.3 is 11.8 Å². The van der Waals surface area contributed by atoms with Crippen molar-refractivity contribution in [3.8, 4) is 0 Å². The lowest BCUT2D eigenvalue weighted by molar-refractivity contribution is -0.136. The lowest BCUT2D eigenvalue weighted by atomic mass is 10.1. The molecule has 124 valence electrons. The maximum absolute atomic E-state index is 12.0. The van der Waals surface area contributed by atoms with Gasteiger partial charge in [0.15, 0.2) is 0 Å². The van der Waals surface area contributed by atoms with Gasteiger partial charge in [0.05, 0.1) is 24.1 Å². The van der Waals surface area contributed by atoms with E-state index in [1.807, 2.05) is 0 Å². The second-order valence-electron chi connectivity index (χ2n) is 4.76. The monoisotopic (exact) mass is 327 g/mol. The summed E-state index contributed by atoms with van der Waals surface area (Å²) in [4.78, 5) is 35.8. The zero-order valence-corrected chi connectivity index (χ0v) is 12.9. The Morgan fingerprint density at radius 2 is 1.83 bits per heavy atom. The van der Waals surface area contributed by atoms with Crippen LogP contribution in [0.1, 0.15) is 16.1 Å². The van der Waals surface area contributed by atoms with Crippen LogP contribution in [0.25, 0.3) is 0 Å². The number of rotatable bonds is 6. The van der Waals surface area contributed by atoms with E-state index in [9.17, 15) is 14.4 Å². The smallest absolute Gasteiger partial charge is 0.313 e. The second-order valence-corrected chi connectivity index (χ2v) is 4.76. The number of furan rings is 1. The molecule has 0 bridgehead atoms. The highest BCUT2D eigenvalue weighted by atomic mass is 16.3. The summed E-state index contributed by atoms with van der Waals surface area (Å²) in [5.41, 5.74) is 0.503. The van der Waals surface area contributed by atoms with Crippen molar-refractivity contribution in [2.75, 3.05) is 11.9 Å². The van der Waals surface area contributed by atoms with Crippen molar-refractivity contribution >= 4 is 23.4 Å². The predicted octanol–water partition coefficient (Wildman–Crippen LogP) is 1.45. The Balaban J connectivity index is 1.99. The number of carbonyl (C=O) groups is 3. The van der Waals surface area contributed by atoms with Crippen LogP contribution in [0.15, 0.2) is 59.7 Å². The molecule has 0 aliphatic carbocycles. The minimum atomic E-state index is -0.870. The first-order chi connectivity index (χ1) is 11.6. The van der Waals surface area contributed by atoms with Crippen molar-refractivity contribution < 1.29 is 18.8 Å². The Morgan fingerprint density at radius 3 is 2.54 bits per heavy atom. The molecule has 0 aliphatic heterocycles. The van der Waals surface area contributed by atoms with Gasteiger partial charge in [-0.05, 0) is 24.3 Å². The topological polar surface area (TPSA) is 100 Å². The maximum Gasteiger partial charge on any atom is 0.313 e. The van der Waals surface area contributed by atoms with E-state index in [-0.39, 0.29) is 23.7 Å². The maximum atomic E-state index is 12.0. The van der Waals surface area contributed by atoms with Crippen molar-refractivity contribution in [1.82, 2.24) is 10.6 Å². The molecule has 1 aromatic heterocycles. The van der Waals surface area contributed by atoms with Crippen LogP contribution in [0.2, 0.25) is 0 Å². The van der Waals surface area contributed by atoms with Gasteiger partial charge in [0.1, 0.15) is 5.76 Å². The van der Waals surface area contributed by atoms with Crippen LogP contribution in [0, 0.1) is 0 Å². The standard InChI is InChI=1S/C17H17N3O4/c1-2-9-18-15(21)13-7-3-4-8-14(13)20-17(23)16(22)19-11-12-6-5-10-24-12/h2-8,10H,1,9,11H2,(H,18,21)(H,19,22)(H,20,23). The van der Waals surface area contributed by atoms with Gasteiger partial charge in [-0.3, -0.25) is 14.4 Å². The van der Waals surface area contributed by atoms with Crippen molar-refractivity contribution in [3.05, 3.63) is 66.6 Å². The van der Waals surface area contributed by atoms with Crippen molar-refractivity contribution in [3.63, 3.8) is 0 Å². The van der Waals surface area contributed by atoms with Gasteiger partial charge in [-0.15, -0.1) is 6.58 Å². The second kappa shape index (κ2) is 8.33. The van der Waals surface area contributed by atoms with E-state index in [0.717, 1.165) is 0 Å². The van der Waals surface area contributed by atoms with Crippen LogP contribution in [-0.2, 0) is 16.1 Å². The third kappa shape index (κ3) is 4.57. The molecular formula is C17H17N3O4. The largest absolute Gasteiger partial charge is 0.467 e. The summed E-state index contributed by atoms with van der Waals surface area (Å²) in [7, 11) is 0. The first-order valence-electron chi connectivity index (χ1n) is 7.21. The molecule has 0 fully saturated rings. The Morgan fingerprint density at radius 1 is 1.04 bits per heavy atom. The van der Waals surface area contributed by atoms with E-state index in [4.69, 9.17) is 4.42 Å². The lowest BCUT2D eigenvalue weighted by Gasteiger charge is -2.10. The molecular weight excluding hydrogens is 310 g/mol. The number of carbonyl (C=O) groups excluding carboxylic acids is 3. The highest BCUT2D eigenvalue weighted by Gasteiger charge is 2.17. The summed E-state index contributed by atoms with van der Waals surface area (Å²) in [5.74, 6) is -1.54. The summed E-state index contributed by atoms with van der Waals surface area (Å²) in [6.07, 6.45) is 3.01. The van der Waals surface area contributed by atoms with Crippen LogP contribution >= 0.6 is 0 Å². The Kier molecular flexibility index (Phi) is 5.90. The lowest BCUT2D eigenvalue weighted by Crippen LogP contribution is -2.35. The minimum Gasteiger partial charge on any atom is -0.467 e. The van der Waals surface area contributed by atoms with Crippen molar-refractivity contribution in [1.29, 1.82) is 0 Å². The summed E-state index contributed by atoms with van der Waals surface area (Å²) >= 11 is 0. The number of nitrogens with one attached hydrogen (secondary N) is 3. The molecule has 0 radical (unpaired) electrons. The number of hydrogen-bond acceptors (Lipinski definition) is 4. The van der Waals surface area contributed by atoms with Crippen LogP contribution < -0.4 is 16.0 Å². The highest BCUT2D eigenvalue weighted by Crippen LogP contribution is 2.14. The average Bonchev–Trinajstić information content (AvgIpc) is 3.11. The first kappa shape index (κ1) is 17.0. The van der Waals surface area contributed by atoms with Gasteiger partial charge in [-0.2, -0.15) is 0 Å². The molecule has 7 nitrogen and oxygen atoms in total. The predicted molar refractivity (Wildman–Crippen MR) is 88.2 cm³/mol. The van der Waals surface area contributed by atoms with Crippen molar-refractivity contribution in [2.24, 2.45) is 0 Å². The van der Waals surface area contributed by atoms with Crippen LogP contribution in [0.3, 0.4) is 0 Å². The van der Waals surface area contributed by atoms with E-state index in [1.54, 1.807) is 42.5 Å². The normalized spacial score (nSPS) is 9.83. The number of anilines is 1. The molecule has 0 spiro atoms. The van der Waals surface area contributed by atoms with Crippen LogP contribution in [0.5, 0.6) is 0 Å². The van der Waals surface area contributed by atoms with Gasteiger partial charge in [-0.1, -0.05) is 18.2 Å². The average molecular weight is 327 g/mol. The third-order valence-electron chi connectivity index (χ3n) is 3.04. The zero-order chi connectivity index (χ0) is 17.4. The van der Waals surface area contributed by atoms with E-state index in [0.29, 0.717) is 12.3 Å². The third-order valence-corrected chi connectivity index (χ3v) is 3.04. The van der Waals surface area contributed by atoms with Crippen molar-refractivity contribution in [2.45, 2.75) is 6.54 Å². The molecule has 0 aliphatic rings. The fourth-order valence-corrected chi connectivity index (χ4v) is 1.89. The first-order valence-corrected chi connectivity index (χ1v) is 7.21. The quantitative estimate of drug-likeness (QED) is 0.552. The molecule has 2 rings (SSSR count). The molecule has 3 N–H and O–H groups in total. The molecule has 3 amide bonds. The van der Waals surface area contributed by atoms with E-state index in [2.05, 4.69) is 22.5 Å². The summed E-state index contributed by atoms with van der Waals surface area (Å²) < 4.78 is 5.06. The summed E-state index contributed by atoms with van der Waals surface area (Å²) in [6, 6.07) is 9.77. The Hall–Kier alpha value is -3.35. The molecule has 0 saturated carbocycles. The molecule has 7 heteroatoms. The number of para-hydroxylation sites is 1. The molecule has 1 heterocycles. The molecule has 0 unspecified atom stereocenters. The molecule has 0 saturated heterocycles. The number of benzene rings is 1. The summed E-state index contributed by atoms with van der Waals surface area (Å²) in [6.45, 7) is 3.91. The fraction of sp³-hybridized carbons (Fsp3) is 0.118. The summed E-state index contributed by atoms with van der Waals surface area (Å²) in [5, 5.41) is 7.47. The zero-order valence-electron chi connectivity index (χ0n) is 12.9. The van der Waals surface area contributed by atoms with Gasteiger partial charge < -0.3 is 20.4 Å². The SMILES string of the molecule is C=CCNC(=O)c1ccccc1NC(=O)C(=O)NCc1ccco1. The number of hydrogen-bond donors (Lipinski definition) is 3. The molecule has 1 aromatic carbocycles. The van der Waals surface area contributed by atoms with Gasteiger partial charge in [0.2, 0.25) is 0 Å². The number of amides is 3. The fourth-order valence-electron chi connectivity index (χ4n) is 1.89. The highest BCUT2D eigenvalue weighted by molar-refractivity contribution is 6.40. The van der Waals surface area contributed by atoms with E-state index in [1.165, 1.54) is 6.26 Å². The minimum absolute atomic E-state index is 0.0979. The molecule has 0 atom stereocenters. The van der Waals surface area contributed by atoms with Gasteiger partial charge in [0, 0.05) is 6.54 Å². The van der Waals surface area contributed by atoms with E-state index >= 15 is 0 Å². The van der Waals surface area contributed by atoms with Gasteiger partial charge in [-0.25, -0.2) is 0 Å². The Labute approximate surface area is 138 Å². The molecule has 24 heavy (non-hydrogen) atoms. The van der Waals surface area contributed by atoms with Crippen LogP contribution in [0.4, 0.5) is 5.69 Å². The molecule has 2 aromatic rings. The van der Waals surface area contributed by atoms with Crippen LogP contribution in [-0.4, -0.2) is 24.3 Å². The van der Waals surface area contributed by atoms with Gasteiger partial charge in [0.25, 0.3) is 5.91 Å². The van der Waals surface area contributed by atoms with E-state index < -0.39 is 11.8 Å². The Bertz CT molecular complexity index is 738.